The van der Waals surface area contributed by atoms with Gasteiger partial charge in [0, 0.05) is 6.42 Å². The van der Waals surface area contributed by atoms with E-state index in [0.717, 1.165) is 77.0 Å². The quantitative estimate of drug-likeness (QED) is 0.0261. The van der Waals surface area contributed by atoms with Crippen LogP contribution in [-0.2, 0) is 14.3 Å². The van der Waals surface area contributed by atoms with Gasteiger partial charge in [-0.2, -0.15) is 0 Å². The average molecular weight is 1220 g/mol. The van der Waals surface area contributed by atoms with E-state index in [4.69, 9.17) is 9.47 Å². The van der Waals surface area contributed by atoms with Crippen LogP contribution in [0.2, 0.25) is 0 Å². The van der Waals surface area contributed by atoms with Crippen LogP contribution in [0.25, 0.3) is 0 Å². The molecule has 0 bridgehead atoms. The summed E-state index contributed by atoms with van der Waals surface area (Å²) in [5.74, 6) is -0.188. The minimum atomic E-state index is -1.58. The van der Waals surface area contributed by atoms with Crippen LogP contribution in [0.4, 0.5) is 0 Å². The predicted octanol–water partition coefficient (Wildman–Crippen LogP) is 20.6. The highest BCUT2D eigenvalue weighted by atomic mass is 16.7. The minimum absolute atomic E-state index is 0.188. The van der Waals surface area contributed by atoms with Crippen molar-refractivity contribution in [3.8, 4) is 0 Å². The molecule has 1 amide bonds. The topological polar surface area (TPSA) is 149 Å². The zero-order valence-electron chi connectivity index (χ0n) is 56.5. The van der Waals surface area contributed by atoms with E-state index < -0.39 is 49.5 Å². The maximum atomic E-state index is 13.1. The van der Waals surface area contributed by atoms with Gasteiger partial charge in [-0.05, 0) is 89.9 Å². The number of aliphatic hydroxyl groups excluding tert-OH is 5. The minimum Gasteiger partial charge on any atom is -0.394 e. The van der Waals surface area contributed by atoms with Crippen molar-refractivity contribution in [1.29, 1.82) is 0 Å². The molecular formula is C78H139NO8. The number of nitrogens with one attached hydrogen (secondary N) is 1. The number of rotatable bonds is 64. The summed E-state index contributed by atoms with van der Waals surface area (Å²) in [5.41, 5.74) is 0. The molecule has 6 N–H and O–H groups in total. The van der Waals surface area contributed by atoms with Gasteiger partial charge in [0.15, 0.2) is 6.29 Å². The molecule has 87 heavy (non-hydrogen) atoms. The Bertz CT molecular complexity index is 1700. The summed E-state index contributed by atoms with van der Waals surface area (Å²) in [5, 5.41) is 54.8. The highest BCUT2D eigenvalue weighted by molar-refractivity contribution is 5.76. The third-order valence-electron chi connectivity index (χ3n) is 17.1. The average Bonchev–Trinajstić information content (AvgIpc) is 3.47. The Labute approximate surface area is 536 Å². The van der Waals surface area contributed by atoms with Crippen LogP contribution in [0.1, 0.15) is 335 Å². The van der Waals surface area contributed by atoms with Crippen molar-refractivity contribution in [1.82, 2.24) is 5.32 Å². The summed E-state index contributed by atoms with van der Waals surface area (Å²) in [6.45, 7) is 3.68. The molecule has 9 nitrogen and oxygen atoms in total. The van der Waals surface area contributed by atoms with Gasteiger partial charge >= 0.3 is 0 Å². The molecule has 0 aromatic carbocycles. The Morgan fingerprint density at radius 2 is 0.724 bits per heavy atom. The Morgan fingerprint density at radius 3 is 1.10 bits per heavy atom. The van der Waals surface area contributed by atoms with Crippen LogP contribution in [-0.4, -0.2) is 87.5 Å². The van der Waals surface area contributed by atoms with E-state index in [9.17, 15) is 30.3 Å². The highest BCUT2D eigenvalue weighted by Crippen LogP contribution is 2.23. The van der Waals surface area contributed by atoms with Crippen LogP contribution in [0.5, 0.6) is 0 Å². The second-order valence-corrected chi connectivity index (χ2v) is 25.3. The maximum Gasteiger partial charge on any atom is 0.220 e. The molecule has 1 fully saturated rings. The molecule has 1 aliphatic heterocycles. The number of hydrogen-bond donors (Lipinski definition) is 6. The van der Waals surface area contributed by atoms with Gasteiger partial charge in [0.05, 0.1) is 25.4 Å². The van der Waals surface area contributed by atoms with Gasteiger partial charge in [-0.25, -0.2) is 0 Å². The maximum absolute atomic E-state index is 13.1. The molecule has 0 spiro atoms. The number of carbonyl (C=O) groups excluding carboxylic acids is 1. The van der Waals surface area contributed by atoms with Crippen molar-refractivity contribution < 1.29 is 39.8 Å². The first kappa shape index (κ1) is 82.1. The Hall–Kier alpha value is -2.89. The molecule has 7 unspecified atom stereocenters. The highest BCUT2D eigenvalue weighted by Gasteiger charge is 2.44. The third kappa shape index (κ3) is 54.6. The summed E-state index contributed by atoms with van der Waals surface area (Å²) in [4.78, 5) is 13.1. The van der Waals surface area contributed by atoms with E-state index in [-0.39, 0.29) is 12.5 Å². The third-order valence-corrected chi connectivity index (χ3v) is 17.1. The molecule has 9 heteroatoms. The number of allylic oxidation sites excluding steroid dienone is 15. The molecule has 0 radical (unpaired) electrons. The second-order valence-electron chi connectivity index (χ2n) is 25.3. The van der Waals surface area contributed by atoms with Crippen molar-refractivity contribution in [3.63, 3.8) is 0 Å². The molecule has 1 heterocycles. The fraction of sp³-hybridized carbons (Fsp3) is 0.782. The van der Waals surface area contributed by atoms with Crippen LogP contribution in [0.3, 0.4) is 0 Å². The molecule has 0 aromatic rings. The lowest BCUT2D eigenvalue weighted by atomic mass is 9.99. The first-order valence-corrected chi connectivity index (χ1v) is 37.0. The van der Waals surface area contributed by atoms with Gasteiger partial charge in [-0.15, -0.1) is 0 Å². The van der Waals surface area contributed by atoms with E-state index in [1.54, 1.807) is 6.08 Å². The van der Waals surface area contributed by atoms with Crippen molar-refractivity contribution in [2.75, 3.05) is 13.2 Å². The fourth-order valence-electron chi connectivity index (χ4n) is 11.4. The molecule has 1 aliphatic rings. The molecular weight excluding hydrogens is 1080 g/mol. The summed E-state index contributed by atoms with van der Waals surface area (Å²) in [6, 6.07) is -0.834. The SMILES string of the molecule is CC/C=C\C/C=C\C/C=C\C/C=C\C/C=C\CCCCCCCCCCCCCCCCCCCCCC(=O)NC(COC1OC(CO)C(O)C(O)C1O)C(O)/C=C/CC/C=C/CC/C=C/CCCCCCCCCCCCCCCCCCCCC. The summed E-state index contributed by atoms with van der Waals surface area (Å²) in [6.07, 6.45) is 89.6. The number of unbranched alkanes of at least 4 members (excludes halogenated alkanes) is 40. The Balaban J connectivity index is 2.13. The monoisotopic (exact) mass is 1220 g/mol. The summed E-state index contributed by atoms with van der Waals surface area (Å²) in [7, 11) is 0. The Morgan fingerprint density at radius 1 is 0.402 bits per heavy atom. The molecule has 504 valence electrons. The first-order chi connectivity index (χ1) is 42.8. The van der Waals surface area contributed by atoms with E-state index in [1.165, 1.54) is 238 Å². The van der Waals surface area contributed by atoms with Crippen molar-refractivity contribution in [2.45, 2.75) is 378 Å². The molecule has 1 saturated heterocycles. The van der Waals surface area contributed by atoms with Gasteiger partial charge in [0.25, 0.3) is 0 Å². The van der Waals surface area contributed by atoms with Crippen LogP contribution < -0.4 is 5.32 Å². The Kier molecular flexibility index (Phi) is 62.3. The van der Waals surface area contributed by atoms with Crippen LogP contribution in [0.15, 0.2) is 97.2 Å². The van der Waals surface area contributed by atoms with Crippen LogP contribution in [0, 0.1) is 0 Å². The number of amides is 1. The fourth-order valence-corrected chi connectivity index (χ4v) is 11.4. The van der Waals surface area contributed by atoms with Gasteiger partial charge in [0.1, 0.15) is 24.4 Å². The van der Waals surface area contributed by atoms with Gasteiger partial charge in [-0.1, -0.05) is 336 Å². The van der Waals surface area contributed by atoms with Gasteiger partial charge in [-0.3, -0.25) is 4.79 Å². The molecule has 0 aliphatic carbocycles. The van der Waals surface area contributed by atoms with Crippen LogP contribution >= 0.6 is 0 Å². The molecule has 0 saturated carbocycles. The summed E-state index contributed by atoms with van der Waals surface area (Å²) >= 11 is 0. The molecule has 7 atom stereocenters. The second kappa shape index (κ2) is 66.0. The number of ether oxygens (including phenoxy) is 2. The smallest absolute Gasteiger partial charge is 0.220 e. The van der Waals surface area contributed by atoms with E-state index in [1.807, 2.05) is 6.08 Å². The zero-order valence-corrected chi connectivity index (χ0v) is 56.5. The van der Waals surface area contributed by atoms with Gasteiger partial charge < -0.3 is 40.3 Å². The lowest BCUT2D eigenvalue weighted by molar-refractivity contribution is -0.302. The zero-order chi connectivity index (χ0) is 62.8. The van der Waals surface area contributed by atoms with E-state index in [2.05, 4.69) is 104 Å². The lowest BCUT2D eigenvalue weighted by Gasteiger charge is -2.40. The van der Waals surface area contributed by atoms with E-state index in [0.29, 0.717) is 6.42 Å². The van der Waals surface area contributed by atoms with Crippen molar-refractivity contribution in [2.24, 2.45) is 0 Å². The first-order valence-electron chi connectivity index (χ1n) is 37.0. The number of hydrogen-bond acceptors (Lipinski definition) is 8. The lowest BCUT2D eigenvalue weighted by Crippen LogP contribution is -2.60. The molecule has 1 rings (SSSR count). The normalized spacial score (nSPS) is 18.5. The predicted molar refractivity (Wildman–Crippen MR) is 373 cm³/mol. The number of carbonyl (C=O) groups is 1. The van der Waals surface area contributed by atoms with Crippen molar-refractivity contribution in [3.05, 3.63) is 97.2 Å². The number of aliphatic hydroxyl groups is 5. The summed E-state index contributed by atoms with van der Waals surface area (Å²) < 4.78 is 11.3. The largest absolute Gasteiger partial charge is 0.394 e. The van der Waals surface area contributed by atoms with Crippen molar-refractivity contribution >= 4 is 5.91 Å². The van der Waals surface area contributed by atoms with E-state index >= 15 is 0 Å². The van der Waals surface area contributed by atoms with Gasteiger partial charge in [0.2, 0.25) is 5.91 Å². The standard InChI is InChI=1S/C78H139NO8/c1-3-5-7-9-11-13-15-17-19-21-23-25-27-29-31-33-34-35-36-37-38-40-42-44-46-48-50-52-54-56-58-60-62-64-66-68-74(82)79-71(70-86-78-77(85)76(84)75(83)73(69-80)87-78)72(81)67-65-63-61-59-57-55-53-51-49-47-45-43-41-39-32-30-28-26-24-22-20-18-16-14-12-10-8-6-4-2/h5,7,11,13,17,19,23,25,29,31,49,51,57,59,65,67,71-73,75-78,80-81,83-85H,3-4,6,8-10,12,14-16,18,20-22,24,26-28,30,32-48,50,52-56,58,60-64,66,68-70H2,1-2H3,(H,79,82)/b7-5-,13-11-,19-17-,25-23-,31-29-,51-49+,59-57+,67-65+. The molecule has 0 aromatic heterocycles.